The third-order valence-electron chi connectivity index (χ3n) is 4.19. The van der Waals surface area contributed by atoms with Crippen LogP contribution in [0.2, 0.25) is 0 Å². The van der Waals surface area contributed by atoms with Gasteiger partial charge in [-0.3, -0.25) is 15.6 Å². The zero-order valence-corrected chi connectivity index (χ0v) is 16.9. The summed E-state index contributed by atoms with van der Waals surface area (Å²) in [6.45, 7) is 3.76. The molecule has 4 rings (SSSR count). The van der Waals surface area contributed by atoms with E-state index in [4.69, 9.17) is 0 Å². The van der Waals surface area contributed by atoms with Gasteiger partial charge >= 0.3 is 0 Å². The number of amides is 1. The minimum atomic E-state index is -0.246. The molecule has 0 aliphatic heterocycles. The first kappa shape index (κ1) is 18.9. The van der Waals surface area contributed by atoms with Gasteiger partial charge in [0.05, 0.1) is 5.69 Å². The van der Waals surface area contributed by atoms with E-state index >= 15 is 0 Å². The Morgan fingerprint density at radius 2 is 1.79 bits per heavy atom. The minimum absolute atomic E-state index is 0.246. The van der Waals surface area contributed by atoms with Gasteiger partial charge < -0.3 is 4.40 Å². The fourth-order valence-electron chi connectivity index (χ4n) is 2.88. The van der Waals surface area contributed by atoms with Gasteiger partial charge in [0.15, 0.2) is 0 Å². The lowest BCUT2D eigenvalue weighted by atomic mass is 10.2. The monoisotopic (exact) mass is 404 g/mol. The number of rotatable bonds is 6. The molecule has 8 heteroatoms. The molecule has 3 heterocycles. The first-order valence-corrected chi connectivity index (χ1v) is 10.1. The Kier molecular flexibility index (Phi) is 5.44. The van der Waals surface area contributed by atoms with E-state index in [0.717, 1.165) is 33.4 Å². The number of pyridine rings is 1. The molecule has 0 aliphatic carbocycles. The highest BCUT2D eigenvalue weighted by Crippen LogP contribution is 2.23. The number of hydrogen-bond donors (Lipinski definition) is 2. The van der Waals surface area contributed by atoms with Crippen LogP contribution < -0.4 is 10.9 Å². The highest BCUT2D eigenvalue weighted by Gasteiger charge is 2.07. The van der Waals surface area contributed by atoms with Gasteiger partial charge in [-0.1, -0.05) is 6.07 Å². The van der Waals surface area contributed by atoms with E-state index in [-0.39, 0.29) is 5.91 Å². The topological polar surface area (TPSA) is 84.2 Å². The molecule has 146 valence electrons. The normalized spacial score (nSPS) is 10.8. The molecule has 0 spiro atoms. The van der Waals surface area contributed by atoms with Gasteiger partial charge in [0.2, 0.25) is 5.95 Å². The van der Waals surface area contributed by atoms with Crippen LogP contribution in [0, 0.1) is 13.8 Å². The molecule has 1 amide bonds. The van der Waals surface area contributed by atoms with Gasteiger partial charge in [0.1, 0.15) is 5.65 Å². The molecule has 1 aromatic carbocycles. The number of aromatic nitrogens is 4. The van der Waals surface area contributed by atoms with Crippen molar-refractivity contribution in [2.24, 2.45) is 0 Å². The van der Waals surface area contributed by atoms with E-state index in [1.54, 1.807) is 23.9 Å². The van der Waals surface area contributed by atoms with Gasteiger partial charge in [-0.25, -0.2) is 15.0 Å². The van der Waals surface area contributed by atoms with E-state index < -0.39 is 0 Å². The molecule has 2 N–H and O–H groups in total. The molecule has 29 heavy (non-hydrogen) atoms. The molecule has 0 fully saturated rings. The summed E-state index contributed by atoms with van der Waals surface area (Å²) in [5.41, 5.74) is 9.57. The number of anilines is 1. The highest BCUT2D eigenvalue weighted by atomic mass is 32.2. The van der Waals surface area contributed by atoms with Crippen molar-refractivity contribution in [2.75, 3.05) is 5.43 Å². The lowest BCUT2D eigenvalue weighted by Gasteiger charge is -2.08. The zero-order chi connectivity index (χ0) is 20.2. The van der Waals surface area contributed by atoms with Crippen molar-refractivity contribution in [1.82, 2.24) is 24.8 Å². The summed E-state index contributed by atoms with van der Waals surface area (Å²) in [5, 5.41) is 0. The predicted molar refractivity (Wildman–Crippen MR) is 114 cm³/mol. The summed E-state index contributed by atoms with van der Waals surface area (Å²) in [6, 6.07) is 15.3. The summed E-state index contributed by atoms with van der Waals surface area (Å²) < 4.78 is 2.01. The standard InChI is InChI=1S/C21H20N6OS/c1-14-11-15(2)23-21(22-14)26-25-20(28)16-6-8-18(9-7-16)29-13-17-12-27-10-4-3-5-19(27)24-17/h3-12H,13H2,1-2H3,(H,25,28)(H,22,23,26). The zero-order valence-electron chi connectivity index (χ0n) is 16.1. The fraction of sp³-hybridized carbons (Fsp3) is 0.143. The maximum Gasteiger partial charge on any atom is 0.269 e. The maximum atomic E-state index is 12.3. The molecule has 3 aromatic heterocycles. The van der Waals surface area contributed by atoms with Crippen LogP contribution in [0.3, 0.4) is 0 Å². The predicted octanol–water partition coefficient (Wildman–Crippen LogP) is 3.79. The Morgan fingerprint density at radius 1 is 1.03 bits per heavy atom. The molecule has 0 unspecified atom stereocenters. The number of imidazole rings is 1. The maximum absolute atomic E-state index is 12.3. The first-order valence-electron chi connectivity index (χ1n) is 9.11. The van der Waals surface area contributed by atoms with Gasteiger partial charge in [-0.15, -0.1) is 11.8 Å². The van der Waals surface area contributed by atoms with Crippen molar-refractivity contribution in [3.63, 3.8) is 0 Å². The van der Waals surface area contributed by atoms with Crippen molar-refractivity contribution in [2.45, 2.75) is 24.5 Å². The Labute approximate surface area is 172 Å². The van der Waals surface area contributed by atoms with Crippen molar-refractivity contribution >= 4 is 29.3 Å². The molecule has 0 atom stereocenters. The second-order valence-electron chi connectivity index (χ2n) is 6.56. The summed E-state index contributed by atoms with van der Waals surface area (Å²) >= 11 is 1.68. The van der Waals surface area contributed by atoms with Crippen LogP contribution in [0.25, 0.3) is 5.65 Å². The van der Waals surface area contributed by atoms with E-state index in [1.807, 2.05) is 67.0 Å². The van der Waals surface area contributed by atoms with Crippen LogP contribution in [-0.4, -0.2) is 25.3 Å². The molecule has 0 radical (unpaired) electrons. The van der Waals surface area contributed by atoms with Gasteiger partial charge in [0, 0.05) is 40.0 Å². The number of fused-ring (bicyclic) bond motifs is 1. The lowest BCUT2D eigenvalue weighted by molar-refractivity contribution is 0.0962. The third kappa shape index (κ3) is 4.72. The Balaban J connectivity index is 1.33. The number of carbonyl (C=O) groups is 1. The van der Waals surface area contributed by atoms with E-state index in [0.29, 0.717) is 11.5 Å². The number of hydrazine groups is 1. The number of carbonyl (C=O) groups excluding carboxylic acids is 1. The van der Waals surface area contributed by atoms with Crippen LogP contribution in [-0.2, 0) is 5.75 Å². The molecule has 0 aliphatic rings. The number of benzene rings is 1. The van der Waals surface area contributed by atoms with Crippen LogP contribution in [0.5, 0.6) is 0 Å². The van der Waals surface area contributed by atoms with Crippen molar-refractivity contribution in [3.05, 3.63) is 83.6 Å². The van der Waals surface area contributed by atoms with Crippen molar-refractivity contribution < 1.29 is 4.79 Å². The summed E-state index contributed by atoms with van der Waals surface area (Å²) in [4.78, 5) is 26.5. The van der Waals surface area contributed by atoms with Gasteiger partial charge in [-0.05, 0) is 56.3 Å². The Bertz CT molecular complexity index is 1100. The molecule has 0 saturated carbocycles. The molecular weight excluding hydrogens is 384 g/mol. The van der Waals surface area contributed by atoms with E-state index in [1.165, 1.54) is 0 Å². The molecule has 4 aromatic rings. The third-order valence-corrected chi connectivity index (χ3v) is 5.23. The Hall–Kier alpha value is -3.39. The van der Waals surface area contributed by atoms with Gasteiger partial charge in [-0.2, -0.15) is 0 Å². The minimum Gasteiger partial charge on any atom is -0.307 e. The van der Waals surface area contributed by atoms with Crippen LogP contribution in [0.4, 0.5) is 5.95 Å². The van der Waals surface area contributed by atoms with Gasteiger partial charge in [0.25, 0.3) is 5.91 Å². The van der Waals surface area contributed by atoms with Crippen LogP contribution >= 0.6 is 11.8 Å². The molecule has 7 nitrogen and oxygen atoms in total. The lowest BCUT2D eigenvalue weighted by Crippen LogP contribution is -2.30. The number of aryl methyl sites for hydroxylation is 2. The van der Waals surface area contributed by atoms with Crippen LogP contribution in [0.15, 0.2) is 65.8 Å². The van der Waals surface area contributed by atoms with E-state index in [9.17, 15) is 4.79 Å². The second kappa shape index (κ2) is 8.32. The smallest absolute Gasteiger partial charge is 0.269 e. The summed E-state index contributed by atoms with van der Waals surface area (Å²) in [5.74, 6) is 0.888. The number of nitrogens with one attached hydrogen (secondary N) is 2. The Morgan fingerprint density at radius 3 is 2.52 bits per heavy atom. The first-order chi connectivity index (χ1) is 14.1. The summed E-state index contributed by atoms with van der Waals surface area (Å²) in [7, 11) is 0. The average Bonchev–Trinajstić information content (AvgIpc) is 3.13. The average molecular weight is 404 g/mol. The largest absolute Gasteiger partial charge is 0.307 e. The van der Waals surface area contributed by atoms with E-state index in [2.05, 4.69) is 25.8 Å². The molecule has 0 bridgehead atoms. The quantitative estimate of drug-likeness (QED) is 0.376. The molecular formula is C21H20N6OS. The number of hydrogen-bond acceptors (Lipinski definition) is 6. The highest BCUT2D eigenvalue weighted by molar-refractivity contribution is 7.98. The van der Waals surface area contributed by atoms with Crippen LogP contribution in [0.1, 0.15) is 27.4 Å². The van der Waals surface area contributed by atoms with Crippen molar-refractivity contribution in [1.29, 1.82) is 0 Å². The molecule has 0 saturated heterocycles. The summed E-state index contributed by atoms with van der Waals surface area (Å²) in [6.07, 6.45) is 4.02. The number of nitrogens with zero attached hydrogens (tertiary/aromatic N) is 4. The van der Waals surface area contributed by atoms with Crippen molar-refractivity contribution in [3.8, 4) is 0 Å². The SMILES string of the molecule is Cc1cc(C)nc(NNC(=O)c2ccc(SCc3cn4ccccc4n3)cc2)n1. The number of thioether (sulfide) groups is 1. The fourth-order valence-corrected chi connectivity index (χ4v) is 3.67. The second-order valence-corrected chi connectivity index (χ2v) is 7.61.